The summed E-state index contributed by atoms with van der Waals surface area (Å²) in [5, 5.41) is 3.05. The van der Waals surface area contributed by atoms with E-state index in [-0.39, 0.29) is 0 Å². The summed E-state index contributed by atoms with van der Waals surface area (Å²) in [5.41, 5.74) is 12.1. The molecule has 0 amide bonds. The number of nitrogens with zero attached hydrogens (tertiary/aromatic N) is 3. The third-order valence-corrected chi connectivity index (χ3v) is 2.16. The molecule has 0 saturated heterocycles. The SMILES string of the molecule is Nc1cc(N)nc(NCCc2ccccn2)n1. The van der Waals surface area contributed by atoms with Crippen LogP contribution < -0.4 is 16.8 Å². The molecule has 88 valence electrons. The Morgan fingerprint density at radius 3 is 2.53 bits per heavy atom. The summed E-state index contributed by atoms with van der Waals surface area (Å²) in [7, 11) is 0. The quantitative estimate of drug-likeness (QED) is 0.714. The number of hydrogen-bond acceptors (Lipinski definition) is 6. The predicted molar refractivity (Wildman–Crippen MR) is 67.3 cm³/mol. The molecular weight excluding hydrogens is 216 g/mol. The molecule has 0 aliphatic rings. The van der Waals surface area contributed by atoms with Gasteiger partial charge in [-0.05, 0) is 12.1 Å². The topological polar surface area (TPSA) is 103 Å². The van der Waals surface area contributed by atoms with Crippen LogP contribution in [0.2, 0.25) is 0 Å². The lowest BCUT2D eigenvalue weighted by atomic mass is 10.3. The Labute approximate surface area is 99.1 Å². The second-order valence-corrected chi connectivity index (χ2v) is 3.54. The minimum Gasteiger partial charge on any atom is -0.383 e. The molecule has 0 atom stereocenters. The first kappa shape index (κ1) is 11.1. The van der Waals surface area contributed by atoms with Gasteiger partial charge in [0.25, 0.3) is 0 Å². The van der Waals surface area contributed by atoms with E-state index in [1.165, 1.54) is 6.07 Å². The molecule has 0 aromatic carbocycles. The molecule has 0 saturated carbocycles. The fourth-order valence-electron chi connectivity index (χ4n) is 1.41. The summed E-state index contributed by atoms with van der Waals surface area (Å²) in [4.78, 5) is 12.3. The van der Waals surface area contributed by atoms with Crippen molar-refractivity contribution in [2.24, 2.45) is 0 Å². The second kappa shape index (κ2) is 5.11. The molecule has 2 rings (SSSR count). The Bertz CT molecular complexity index is 464. The van der Waals surface area contributed by atoms with Crippen molar-refractivity contribution in [3.05, 3.63) is 36.2 Å². The molecule has 0 aliphatic heterocycles. The van der Waals surface area contributed by atoms with Crippen LogP contribution in [0.5, 0.6) is 0 Å². The standard InChI is InChI=1S/C11H14N6/c12-9-7-10(13)17-11(16-9)15-6-4-8-3-1-2-5-14-8/h1-3,5,7H,4,6H2,(H5,12,13,15,16,17). The molecule has 6 heteroatoms. The summed E-state index contributed by atoms with van der Waals surface area (Å²) in [6, 6.07) is 7.33. The fourth-order valence-corrected chi connectivity index (χ4v) is 1.41. The van der Waals surface area contributed by atoms with Crippen LogP contribution in [0.25, 0.3) is 0 Å². The lowest BCUT2D eigenvalue weighted by Gasteiger charge is -2.05. The minimum atomic E-state index is 0.359. The molecule has 2 aromatic heterocycles. The number of nitrogen functional groups attached to an aromatic ring is 2. The summed E-state index contributed by atoms with van der Waals surface area (Å²) in [6.07, 6.45) is 2.56. The van der Waals surface area contributed by atoms with Crippen LogP contribution in [0.4, 0.5) is 17.6 Å². The molecule has 0 spiro atoms. The molecule has 0 bridgehead atoms. The Morgan fingerprint density at radius 1 is 1.12 bits per heavy atom. The number of aromatic nitrogens is 3. The number of nitrogens with two attached hydrogens (primary N) is 2. The number of pyridine rings is 1. The maximum atomic E-state index is 5.56. The number of nitrogens with one attached hydrogen (secondary N) is 1. The normalized spacial score (nSPS) is 10.1. The van der Waals surface area contributed by atoms with Crippen LogP contribution in [-0.4, -0.2) is 21.5 Å². The minimum absolute atomic E-state index is 0.359. The van der Waals surface area contributed by atoms with Crippen molar-refractivity contribution >= 4 is 17.6 Å². The number of rotatable bonds is 4. The van der Waals surface area contributed by atoms with Gasteiger partial charge >= 0.3 is 0 Å². The molecule has 0 radical (unpaired) electrons. The van der Waals surface area contributed by atoms with E-state index in [4.69, 9.17) is 11.5 Å². The highest BCUT2D eigenvalue weighted by atomic mass is 15.1. The van der Waals surface area contributed by atoms with Gasteiger partial charge in [0.15, 0.2) is 0 Å². The van der Waals surface area contributed by atoms with E-state index in [9.17, 15) is 0 Å². The first-order valence-corrected chi connectivity index (χ1v) is 5.28. The van der Waals surface area contributed by atoms with E-state index >= 15 is 0 Å². The highest BCUT2D eigenvalue weighted by Crippen LogP contribution is 2.07. The van der Waals surface area contributed by atoms with Gasteiger partial charge in [0.05, 0.1) is 0 Å². The first-order valence-electron chi connectivity index (χ1n) is 5.28. The number of anilines is 3. The van der Waals surface area contributed by atoms with Gasteiger partial charge in [0, 0.05) is 30.9 Å². The number of hydrogen-bond donors (Lipinski definition) is 3. The van der Waals surface area contributed by atoms with Crippen molar-refractivity contribution in [1.29, 1.82) is 0 Å². The van der Waals surface area contributed by atoms with Crippen molar-refractivity contribution in [1.82, 2.24) is 15.0 Å². The van der Waals surface area contributed by atoms with E-state index in [1.807, 2.05) is 18.2 Å². The largest absolute Gasteiger partial charge is 0.383 e. The molecule has 5 N–H and O–H groups in total. The molecule has 2 aromatic rings. The van der Waals surface area contributed by atoms with Crippen molar-refractivity contribution in [3.8, 4) is 0 Å². The van der Waals surface area contributed by atoms with E-state index in [0.29, 0.717) is 24.1 Å². The lowest BCUT2D eigenvalue weighted by Crippen LogP contribution is -2.10. The maximum absolute atomic E-state index is 5.56. The molecule has 17 heavy (non-hydrogen) atoms. The van der Waals surface area contributed by atoms with Gasteiger partial charge in [0.2, 0.25) is 5.95 Å². The van der Waals surface area contributed by atoms with Crippen molar-refractivity contribution < 1.29 is 0 Å². The summed E-state index contributed by atoms with van der Waals surface area (Å²) in [6.45, 7) is 0.680. The summed E-state index contributed by atoms with van der Waals surface area (Å²) < 4.78 is 0. The van der Waals surface area contributed by atoms with Crippen molar-refractivity contribution in [2.45, 2.75) is 6.42 Å². The molecule has 6 nitrogen and oxygen atoms in total. The van der Waals surface area contributed by atoms with Gasteiger partial charge in [0.1, 0.15) is 11.6 Å². The van der Waals surface area contributed by atoms with Crippen LogP contribution in [0.15, 0.2) is 30.5 Å². The van der Waals surface area contributed by atoms with Gasteiger partial charge in [-0.15, -0.1) is 0 Å². The van der Waals surface area contributed by atoms with Gasteiger partial charge in [-0.2, -0.15) is 9.97 Å². The highest BCUT2D eigenvalue weighted by molar-refractivity contribution is 5.46. The summed E-state index contributed by atoms with van der Waals surface area (Å²) >= 11 is 0. The van der Waals surface area contributed by atoms with E-state index in [1.54, 1.807) is 6.20 Å². The average molecular weight is 230 g/mol. The summed E-state index contributed by atoms with van der Waals surface area (Å²) in [5.74, 6) is 1.16. The fraction of sp³-hybridized carbons (Fsp3) is 0.182. The monoisotopic (exact) mass is 230 g/mol. The van der Waals surface area contributed by atoms with E-state index in [0.717, 1.165) is 12.1 Å². The van der Waals surface area contributed by atoms with Crippen LogP contribution in [-0.2, 0) is 6.42 Å². The molecule has 0 fully saturated rings. The first-order chi connectivity index (χ1) is 8.24. The van der Waals surface area contributed by atoms with E-state index < -0.39 is 0 Å². The molecule has 0 aliphatic carbocycles. The second-order valence-electron chi connectivity index (χ2n) is 3.54. The Kier molecular flexibility index (Phi) is 3.34. The smallest absolute Gasteiger partial charge is 0.226 e. The van der Waals surface area contributed by atoms with Gasteiger partial charge < -0.3 is 16.8 Å². The zero-order valence-corrected chi connectivity index (χ0v) is 9.30. The van der Waals surface area contributed by atoms with Gasteiger partial charge in [-0.1, -0.05) is 6.07 Å². The van der Waals surface area contributed by atoms with Crippen LogP contribution >= 0.6 is 0 Å². The Morgan fingerprint density at radius 2 is 1.88 bits per heavy atom. The third kappa shape index (κ3) is 3.30. The van der Waals surface area contributed by atoms with Crippen molar-refractivity contribution in [3.63, 3.8) is 0 Å². The average Bonchev–Trinajstić information content (AvgIpc) is 2.29. The third-order valence-electron chi connectivity index (χ3n) is 2.16. The zero-order chi connectivity index (χ0) is 12.1. The Hall–Kier alpha value is -2.37. The van der Waals surface area contributed by atoms with Gasteiger partial charge in [-0.3, -0.25) is 4.98 Å². The van der Waals surface area contributed by atoms with Crippen LogP contribution in [0, 0.1) is 0 Å². The van der Waals surface area contributed by atoms with E-state index in [2.05, 4.69) is 20.3 Å². The van der Waals surface area contributed by atoms with Crippen LogP contribution in [0.3, 0.4) is 0 Å². The van der Waals surface area contributed by atoms with Gasteiger partial charge in [-0.25, -0.2) is 0 Å². The predicted octanol–water partition coefficient (Wildman–Crippen LogP) is 0.691. The molecule has 0 unspecified atom stereocenters. The lowest BCUT2D eigenvalue weighted by molar-refractivity contribution is 0.943. The highest BCUT2D eigenvalue weighted by Gasteiger charge is 1.99. The maximum Gasteiger partial charge on any atom is 0.226 e. The Balaban J connectivity index is 1.90. The van der Waals surface area contributed by atoms with Crippen LogP contribution in [0.1, 0.15) is 5.69 Å². The zero-order valence-electron chi connectivity index (χ0n) is 9.30. The molecular formula is C11H14N6. The van der Waals surface area contributed by atoms with Crippen molar-refractivity contribution in [2.75, 3.05) is 23.3 Å². The molecule has 2 heterocycles.